The molecule has 0 aromatic rings. The lowest BCUT2D eigenvalue weighted by molar-refractivity contribution is -0.137. The molecule has 0 spiro atoms. The van der Waals surface area contributed by atoms with Crippen molar-refractivity contribution in [3.8, 4) is 0 Å². The maximum absolute atomic E-state index is 12.1. The zero-order valence-corrected chi connectivity index (χ0v) is 12.7. The molecule has 2 aliphatic rings. The molecule has 2 atom stereocenters. The van der Waals surface area contributed by atoms with Crippen LogP contribution in [0.5, 0.6) is 0 Å². The number of nitrogens with one attached hydrogen (secondary N) is 1. The Morgan fingerprint density at radius 2 is 2.15 bits per heavy atom. The van der Waals surface area contributed by atoms with Crippen molar-refractivity contribution in [1.82, 2.24) is 10.2 Å². The number of rotatable bonds is 5. The third kappa shape index (κ3) is 4.89. The average molecular weight is 300 g/mol. The number of carboxylic acid groups (broad SMARTS) is 1. The molecule has 5 nitrogen and oxygen atoms in total. The molecule has 2 amide bonds. The highest BCUT2D eigenvalue weighted by atomic mass is 32.2. The minimum absolute atomic E-state index is 0.0255. The molecular weight excluding hydrogens is 276 g/mol. The number of hydrogen-bond acceptors (Lipinski definition) is 3. The molecule has 0 saturated carbocycles. The summed E-state index contributed by atoms with van der Waals surface area (Å²) in [7, 11) is 0. The molecule has 0 bridgehead atoms. The molecule has 0 aromatic carbocycles. The van der Waals surface area contributed by atoms with Crippen LogP contribution in [0.25, 0.3) is 0 Å². The number of piperidine rings is 1. The van der Waals surface area contributed by atoms with Gasteiger partial charge >= 0.3 is 12.0 Å². The number of nitrogens with zero attached hydrogens (tertiary/aromatic N) is 1. The Morgan fingerprint density at radius 3 is 2.85 bits per heavy atom. The summed E-state index contributed by atoms with van der Waals surface area (Å²) >= 11 is 1.94. The van der Waals surface area contributed by atoms with Crippen LogP contribution in [-0.4, -0.2) is 52.6 Å². The number of carbonyl (C=O) groups excluding carboxylic acids is 1. The van der Waals surface area contributed by atoms with Crippen LogP contribution in [0, 0.1) is 5.92 Å². The van der Waals surface area contributed by atoms with Crippen LogP contribution >= 0.6 is 11.8 Å². The fourth-order valence-electron chi connectivity index (χ4n) is 2.93. The van der Waals surface area contributed by atoms with Crippen molar-refractivity contribution < 1.29 is 14.7 Å². The molecule has 2 saturated heterocycles. The maximum Gasteiger partial charge on any atom is 0.317 e. The van der Waals surface area contributed by atoms with Crippen molar-refractivity contribution in [1.29, 1.82) is 0 Å². The first-order valence-electron chi connectivity index (χ1n) is 7.51. The summed E-state index contributed by atoms with van der Waals surface area (Å²) in [5.41, 5.74) is 0. The van der Waals surface area contributed by atoms with E-state index in [9.17, 15) is 9.59 Å². The van der Waals surface area contributed by atoms with E-state index in [1.54, 1.807) is 0 Å². The number of likely N-dealkylation sites (tertiary alicyclic amines) is 1. The molecule has 0 aromatic heterocycles. The smallest absolute Gasteiger partial charge is 0.317 e. The van der Waals surface area contributed by atoms with Gasteiger partial charge in [-0.1, -0.05) is 0 Å². The number of carboxylic acids is 1. The largest absolute Gasteiger partial charge is 0.481 e. The van der Waals surface area contributed by atoms with E-state index in [1.165, 1.54) is 18.6 Å². The van der Waals surface area contributed by atoms with Gasteiger partial charge in [-0.3, -0.25) is 4.79 Å². The van der Waals surface area contributed by atoms with Crippen molar-refractivity contribution in [2.75, 3.05) is 25.4 Å². The Labute approximate surface area is 124 Å². The zero-order valence-electron chi connectivity index (χ0n) is 11.8. The van der Waals surface area contributed by atoms with Gasteiger partial charge in [0.2, 0.25) is 0 Å². The van der Waals surface area contributed by atoms with E-state index in [-0.39, 0.29) is 12.5 Å². The van der Waals surface area contributed by atoms with E-state index in [1.807, 2.05) is 16.7 Å². The Bertz CT molecular complexity index is 345. The average Bonchev–Trinajstić information content (AvgIpc) is 2.96. The van der Waals surface area contributed by atoms with Gasteiger partial charge in [0.15, 0.2) is 0 Å². The molecule has 2 N–H and O–H groups in total. The van der Waals surface area contributed by atoms with Gasteiger partial charge in [-0.15, -0.1) is 0 Å². The highest BCUT2D eigenvalue weighted by Crippen LogP contribution is 2.25. The van der Waals surface area contributed by atoms with Crippen molar-refractivity contribution in [2.24, 2.45) is 5.92 Å². The monoisotopic (exact) mass is 300 g/mol. The van der Waals surface area contributed by atoms with E-state index >= 15 is 0 Å². The van der Waals surface area contributed by atoms with Crippen molar-refractivity contribution in [3.05, 3.63) is 0 Å². The normalized spacial score (nSPS) is 26.5. The lowest BCUT2D eigenvalue weighted by Crippen LogP contribution is -2.46. The van der Waals surface area contributed by atoms with Crippen molar-refractivity contribution in [3.63, 3.8) is 0 Å². The number of urea groups is 1. The van der Waals surface area contributed by atoms with Crippen LogP contribution in [-0.2, 0) is 4.79 Å². The zero-order chi connectivity index (χ0) is 14.4. The Kier molecular flexibility index (Phi) is 6.01. The standard InChI is InChI=1S/C14H24N2O3S/c17-13(18)6-5-11-3-1-7-16(10-11)14(19)15-9-12-4-2-8-20-12/h11-12H,1-10H2,(H,15,19)(H,17,18). The summed E-state index contributed by atoms with van der Waals surface area (Å²) in [6.07, 6.45) is 5.36. The molecular formula is C14H24N2O3S. The molecule has 2 rings (SSSR count). The molecule has 2 fully saturated rings. The quantitative estimate of drug-likeness (QED) is 0.816. The van der Waals surface area contributed by atoms with Gasteiger partial charge in [-0.05, 0) is 43.8 Å². The van der Waals surface area contributed by atoms with E-state index in [2.05, 4.69) is 5.32 Å². The maximum atomic E-state index is 12.1. The Hall–Kier alpha value is -0.910. The predicted molar refractivity (Wildman–Crippen MR) is 80.0 cm³/mol. The number of amides is 2. The molecule has 2 unspecified atom stereocenters. The summed E-state index contributed by atoms with van der Waals surface area (Å²) < 4.78 is 0. The second-order valence-corrected chi connectivity index (χ2v) is 7.12. The van der Waals surface area contributed by atoms with E-state index < -0.39 is 5.97 Å². The fraction of sp³-hybridized carbons (Fsp3) is 0.857. The van der Waals surface area contributed by atoms with Crippen molar-refractivity contribution >= 4 is 23.8 Å². The minimum Gasteiger partial charge on any atom is -0.481 e. The Morgan fingerprint density at radius 1 is 1.30 bits per heavy atom. The molecule has 2 heterocycles. The summed E-state index contributed by atoms with van der Waals surface area (Å²) in [5, 5.41) is 12.3. The second-order valence-electron chi connectivity index (χ2n) is 5.71. The number of carbonyl (C=O) groups is 2. The van der Waals surface area contributed by atoms with Gasteiger partial charge in [-0.2, -0.15) is 11.8 Å². The molecule has 6 heteroatoms. The fourth-order valence-corrected chi connectivity index (χ4v) is 4.13. The third-order valence-corrected chi connectivity index (χ3v) is 5.48. The molecule has 20 heavy (non-hydrogen) atoms. The van der Waals surface area contributed by atoms with Gasteiger partial charge in [0, 0.05) is 31.3 Å². The highest BCUT2D eigenvalue weighted by Gasteiger charge is 2.25. The summed E-state index contributed by atoms with van der Waals surface area (Å²) in [6.45, 7) is 2.27. The first-order chi connectivity index (χ1) is 9.65. The van der Waals surface area contributed by atoms with Crippen LogP contribution < -0.4 is 5.32 Å². The van der Waals surface area contributed by atoms with E-state index in [0.717, 1.165) is 25.9 Å². The summed E-state index contributed by atoms with van der Waals surface area (Å²) in [5.74, 6) is 0.804. The van der Waals surface area contributed by atoms with Crippen LogP contribution in [0.1, 0.15) is 38.5 Å². The number of hydrogen-bond donors (Lipinski definition) is 2. The van der Waals surface area contributed by atoms with Crippen LogP contribution in [0.15, 0.2) is 0 Å². The highest BCUT2D eigenvalue weighted by molar-refractivity contribution is 8.00. The first-order valence-corrected chi connectivity index (χ1v) is 8.56. The first kappa shape index (κ1) is 15.5. The number of thioether (sulfide) groups is 1. The van der Waals surface area contributed by atoms with Gasteiger partial charge in [-0.25, -0.2) is 4.79 Å². The molecule has 2 aliphatic heterocycles. The minimum atomic E-state index is -0.746. The molecule has 0 aliphatic carbocycles. The van der Waals surface area contributed by atoms with Gasteiger partial charge in [0.1, 0.15) is 0 Å². The van der Waals surface area contributed by atoms with Crippen molar-refractivity contribution in [2.45, 2.75) is 43.8 Å². The van der Waals surface area contributed by atoms with Gasteiger partial charge < -0.3 is 15.3 Å². The number of aliphatic carboxylic acids is 1. The lowest BCUT2D eigenvalue weighted by atomic mass is 9.93. The second kappa shape index (κ2) is 7.76. The van der Waals surface area contributed by atoms with E-state index in [4.69, 9.17) is 5.11 Å². The van der Waals surface area contributed by atoms with Gasteiger partial charge in [0.05, 0.1) is 0 Å². The Balaban J connectivity index is 1.70. The molecule has 0 radical (unpaired) electrons. The lowest BCUT2D eigenvalue weighted by Gasteiger charge is -2.32. The predicted octanol–water partition coefficient (Wildman–Crippen LogP) is 2.17. The summed E-state index contributed by atoms with van der Waals surface area (Å²) in [4.78, 5) is 24.6. The van der Waals surface area contributed by atoms with Crippen LogP contribution in [0.2, 0.25) is 0 Å². The summed E-state index contributed by atoms with van der Waals surface area (Å²) in [6, 6.07) is 0.0255. The van der Waals surface area contributed by atoms with Crippen LogP contribution in [0.3, 0.4) is 0 Å². The topological polar surface area (TPSA) is 69.6 Å². The third-order valence-electron chi connectivity index (χ3n) is 4.08. The molecule has 114 valence electrons. The SMILES string of the molecule is O=C(O)CCC1CCCN(C(=O)NCC2CCCS2)C1. The van der Waals surface area contributed by atoms with Crippen LogP contribution in [0.4, 0.5) is 4.79 Å². The van der Waals surface area contributed by atoms with E-state index in [0.29, 0.717) is 24.1 Å². The van der Waals surface area contributed by atoms with Gasteiger partial charge in [0.25, 0.3) is 0 Å².